The number of benzene rings is 2. The van der Waals surface area contributed by atoms with Crippen molar-refractivity contribution in [3.05, 3.63) is 76.4 Å². The van der Waals surface area contributed by atoms with Crippen molar-refractivity contribution in [2.24, 2.45) is 0 Å². The van der Waals surface area contributed by atoms with E-state index in [9.17, 15) is 0 Å². The van der Waals surface area contributed by atoms with E-state index in [1.165, 1.54) is 43.2 Å². The lowest BCUT2D eigenvalue weighted by molar-refractivity contribution is 0.582. The molecule has 0 saturated carbocycles. The minimum atomic E-state index is 0.223. The molecule has 0 N–H and O–H groups in total. The van der Waals surface area contributed by atoms with E-state index in [0.29, 0.717) is 5.92 Å². The first-order chi connectivity index (χ1) is 11.5. The van der Waals surface area contributed by atoms with Gasteiger partial charge < -0.3 is 0 Å². The van der Waals surface area contributed by atoms with Crippen molar-refractivity contribution in [3.63, 3.8) is 0 Å². The third kappa shape index (κ3) is 2.83. The topological polar surface area (TPSA) is 0 Å². The van der Waals surface area contributed by atoms with E-state index in [0.717, 1.165) is 0 Å². The number of rotatable bonds is 1. The molecule has 0 saturated heterocycles. The molecule has 1 unspecified atom stereocenters. The van der Waals surface area contributed by atoms with Gasteiger partial charge in [-0.1, -0.05) is 74.9 Å². The fourth-order valence-corrected chi connectivity index (χ4v) is 4.41. The number of hydrogen-bond donors (Lipinski definition) is 0. The molecule has 0 amide bonds. The van der Waals surface area contributed by atoms with Crippen LogP contribution in [0.4, 0.5) is 0 Å². The van der Waals surface area contributed by atoms with Crippen molar-refractivity contribution in [1.29, 1.82) is 0 Å². The highest BCUT2D eigenvalue weighted by Gasteiger charge is 2.28. The quantitative estimate of drug-likeness (QED) is 0.552. The van der Waals surface area contributed by atoms with Crippen molar-refractivity contribution in [3.8, 4) is 0 Å². The Bertz CT molecular complexity index is 771. The van der Waals surface area contributed by atoms with Gasteiger partial charge in [0.05, 0.1) is 0 Å². The highest BCUT2D eigenvalue weighted by Crippen LogP contribution is 2.46. The SMILES string of the molecule is CC(C)(C)c1ccc2c(c1)C1=C(CC2)CCC(c2ccccc2)C1. The maximum Gasteiger partial charge on any atom is -0.0118 e. The Morgan fingerprint density at radius 3 is 2.42 bits per heavy atom. The van der Waals surface area contributed by atoms with Crippen LogP contribution in [-0.4, -0.2) is 0 Å². The molecule has 0 aliphatic heterocycles. The molecule has 4 rings (SSSR count). The summed E-state index contributed by atoms with van der Waals surface area (Å²) in [6, 6.07) is 18.4. The summed E-state index contributed by atoms with van der Waals surface area (Å²) in [5.41, 5.74) is 9.74. The van der Waals surface area contributed by atoms with Gasteiger partial charge >= 0.3 is 0 Å². The second-order valence-corrected chi connectivity index (χ2v) is 8.55. The highest BCUT2D eigenvalue weighted by atomic mass is 14.3. The molecule has 0 aromatic heterocycles. The summed E-state index contributed by atoms with van der Waals surface area (Å²) in [4.78, 5) is 0. The maximum absolute atomic E-state index is 2.50. The molecule has 24 heavy (non-hydrogen) atoms. The molecular weight excluding hydrogens is 288 g/mol. The van der Waals surface area contributed by atoms with E-state index in [1.54, 1.807) is 22.3 Å². The number of allylic oxidation sites excluding steroid dienone is 2. The fourth-order valence-electron chi connectivity index (χ4n) is 4.41. The van der Waals surface area contributed by atoms with Crippen LogP contribution in [-0.2, 0) is 11.8 Å². The van der Waals surface area contributed by atoms with E-state index in [-0.39, 0.29) is 5.41 Å². The Hall–Kier alpha value is -1.82. The molecule has 0 bridgehead atoms. The van der Waals surface area contributed by atoms with E-state index in [4.69, 9.17) is 0 Å². The predicted octanol–water partition coefficient (Wildman–Crippen LogP) is 6.65. The largest absolute Gasteiger partial charge is 0.0660 e. The van der Waals surface area contributed by atoms with Crippen LogP contribution in [0.5, 0.6) is 0 Å². The molecule has 2 aliphatic rings. The highest BCUT2D eigenvalue weighted by molar-refractivity contribution is 5.75. The van der Waals surface area contributed by atoms with Crippen molar-refractivity contribution in [2.45, 2.75) is 64.2 Å². The van der Waals surface area contributed by atoms with E-state index in [1.807, 2.05) is 0 Å². The van der Waals surface area contributed by atoms with Crippen molar-refractivity contribution in [1.82, 2.24) is 0 Å². The number of hydrogen-bond acceptors (Lipinski definition) is 0. The first kappa shape index (κ1) is 15.7. The number of aryl methyl sites for hydroxylation is 1. The summed E-state index contributed by atoms with van der Waals surface area (Å²) in [5.74, 6) is 0.689. The molecule has 2 aliphatic carbocycles. The minimum Gasteiger partial charge on any atom is -0.0660 e. The van der Waals surface area contributed by atoms with Crippen LogP contribution < -0.4 is 0 Å². The van der Waals surface area contributed by atoms with Gasteiger partial charge in [0.2, 0.25) is 0 Å². The fraction of sp³-hybridized carbons (Fsp3) is 0.417. The van der Waals surface area contributed by atoms with Crippen LogP contribution in [0.1, 0.15) is 74.6 Å². The maximum atomic E-state index is 2.50. The normalized spacial score (nSPS) is 20.5. The first-order valence-electron chi connectivity index (χ1n) is 9.42. The zero-order chi connectivity index (χ0) is 16.7. The van der Waals surface area contributed by atoms with Crippen LogP contribution in [0.3, 0.4) is 0 Å². The molecule has 124 valence electrons. The van der Waals surface area contributed by atoms with Gasteiger partial charge in [-0.2, -0.15) is 0 Å². The van der Waals surface area contributed by atoms with Gasteiger partial charge in [0.1, 0.15) is 0 Å². The van der Waals surface area contributed by atoms with Crippen molar-refractivity contribution in [2.75, 3.05) is 0 Å². The van der Waals surface area contributed by atoms with Gasteiger partial charge in [-0.3, -0.25) is 0 Å². The van der Waals surface area contributed by atoms with Gasteiger partial charge in [0.15, 0.2) is 0 Å². The van der Waals surface area contributed by atoms with Gasteiger partial charge in [0.25, 0.3) is 0 Å². The van der Waals surface area contributed by atoms with Gasteiger partial charge in [-0.05, 0) is 71.3 Å². The molecule has 0 radical (unpaired) electrons. The first-order valence-corrected chi connectivity index (χ1v) is 9.42. The molecule has 0 heteroatoms. The molecule has 2 aromatic carbocycles. The third-order valence-electron chi connectivity index (χ3n) is 5.94. The summed E-state index contributed by atoms with van der Waals surface area (Å²) in [7, 11) is 0. The van der Waals surface area contributed by atoms with E-state index >= 15 is 0 Å². The average Bonchev–Trinajstić information content (AvgIpc) is 2.60. The number of fused-ring (bicyclic) bond motifs is 2. The van der Waals surface area contributed by atoms with Crippen LogP contribution in [0.15, 0.2) is 54.1 Å². The van der Waals surface area contributed by atoms with Crippen LogP contribution in [0.2, 0.25) is 0 Å². The van der Waals surface area contributed by atoms with E-state index < -0.39 is 0 Å². The van der Waals surface area contributed by atoms with Gasteiger partial charge in [0, 0.05) is 0 Å². The lowest BCUT2D eigenvalue weighted by atomic mass is 9.72. The Labute approximate surface area is 146 Å². The second kappa shape index (κ2) is 5.92. The molecule has 0 spiro atoms. The minimum absolute atomic E-state index is 0.223. The Balaban J connectivity index is 1.72. The summed E-state index contributed by atoms with van der Waals surface area (Å²) in [6.07, 6.45) is 6.33. The van der Waals surface area contributed by atoms with Crippen molar-refractivity contribution < 1.29 is 0 Å². The standard InChI is InChI=1S/C24H28/c1-24(2,3)21-14-13-19-10-9-18-11-12-20(15-22(18)23(19)16-21)17-7-5-4-6-8-17/h4-8,13-14,16,20H,9-12,15H2,1-3H3. The lowest BCUT2D eigenvalue weighted by Crippen LogP contribution is -2.16. The van der Waals surface area contributed by atoms with Crippen molar-refractivity contribution >= 4 is 5.57 Å². The molecular formula is C24H28. The zero-order valence-electron chi connectivity index (χ0n) is 15.2. The third-order valence-corrected chi connectivity index (χ3v) is 5.94. The average molecular weight is 316 g/mol. The Morgan fingerprint density at radius 1 is 0.875 bits per heavy atom. The van der Waals surface area contributed by atoms with E-state index in [2.05, 4.69) is 69.3 Å². The van der Waals surface area contributed by atoms with Crippen LogP contribution in [0, 0.1) is 0 Å². The summed E-state index contributed by atoms with van der Waals surface area (Å²) >= 11 is 0. The predicted molar refractivity (Wildman–Crippen MR) is 103 cm³/mol. The molecule has 0 heterocycles. The molecule has 2 aromatic rings. The zero-order valence-corrected chi connectivity index (χ0v) is 15.2. The van der Waals surface area contributed by atoms with Crippen LogP contribution in [0.25, 0.3) is 5.57 Å². The summed E-state index contributed by atoms with van der Waals surface area (Å²) in [5, 5.41) is 0. The smallest absolute Gasteiger partial charge is 0.0118 e. The van der Waals surface area contributed by atoms with Gasteiger partial charge in [-0.25, -0.2) is 0 Å². The summed E-state index contributed by atoms with van der Waals surface area (Å²) in [6.45, 7) is 6.96. The monoisotopic (exact) mass is 316 g/mol. The molecule has 0 nitrogen and oxygen atoms in total. The Kier molecular flexibility index (Phi) is 3.87. The molecule has 0 fully saturated rings. The van der Waals surface area contributed by atoms with Crippen LogP contribution >= 0.6 is 0 Å². The lowest BCUT2D eigenvalue weighted by Gasteiger charge is -2.33. The second-order valence-electron chi connectivity index (χ2n) is 8.55. The van der Waals surface area contributed by atoms with Gasteiger partial charge in [-0.15, -0.1) is 0 Å². The molecule has 1 atom stereocenters. The summed E-state index contributed by atoms with van der Waals surface area (Å²) < 4.78 is 0. The Morgan fingerprint density at radius 2 is 1.67 bits per heavy atom.